The Morgan fingerprint density at radius 1 is 1.27 bits per heavy atom. The number of rotatable bonds is 5. The molecule has 0 bridgehead atoms. The van der Waals surface area contributed by atoms with Gasteiger partial charge >= 0.3 is 0 Å². The molecule has 0 spiro atoms. The van der Waals surface area contributed by atoms with Crippen LogP contribution in [0.15, 0.2) is 23.8 Å². The van der Waals surface area contributed by atoms with Gasteiger partial charge in [-0.1, -0.05) is 12.1 Å². The molecular formula is C17H24ClNO3. The molecule has 1 aliphatic rings. The molecule has 1 fully saturated rings. The maximum Gasteiger partial charge on any atom is 0.167 e. The topological polar surface area (TPSA) is 38.8 Å². The highest BCUT2D eigenvalue weighted by molar-refractivity contribution is 6.03. The van der Waals surface area contributed by atoms with Crippen molar-refractivity contribution in [2.45, 2.75) is 12.8 Å². The number of para-hydroxylation sites is 1. The summed E-state index contributed by atoms with van der Waals surface area (Å²) in [6.07, 6.45) is 3.70. The van der Waals surface area contributed by atoms with Gasteiger partial charge in [-0.05, 0) is 44.7 Å². The summed E-state index contributed by atoms with van der Waals surface area (Å²) >= 11 is 0. The number of hydrogen-bond acceptors (Lipinski definition) is 4. The smallest absolute Gasteiger partial charge is 0.167 e. The predicted molar refractivity (Wildman–Crippen MR) is 91.1 cm³/mol. The molecule has 0 aliphatic heterocycles. The second-order valence-electron chi connectivity index (χ2n) is 5.61. The lowest BCUT2D eigenvalue weighted by atomic mass is 10.0. The molecule has 0 saturated heterocycles. The molecule has 0 heterocycles. The molecule has 1 aromatic rings. The van der Waals surface area contributed by atoms with Crippen LogP contribution in [0, 0.1) is 5.92 Å². The predicted octanol–water partition coefficient (Wildman–Crippen LogP) is 3.05. The van der Waals surface area contributed by atoms with Crippen LogP contribution in [-0.2, 0) is 4.79 Å². The number of halogens is 1. The maximum absolute atomic E-state index is 12.4. The van der Waals surface area contributed by atoms with Crippen LogP contribution in [0.4, 0.5) is 0 Å². The normalized spacial score (nSPS) is 19.4. The van der Waals surface area contributed by atoms with Gasteiger partial charge in [-0.15, -0.1) is 12.4 Å². The lowest BCUT2D eigenvalue weighted by Gasteiger charge is -2.14. The lowest BCUT2D eigenvalue weighted by molar-refractivity contribution is -0.118. The Balaban J connectivity index is 0.00000242. The van der Waals surface area contributed by atoms with Gasteiger partial charge in [-0.3, -0.25) is 4.79 Å². The molecule has 0 aromatic heterocycles. The van der Waals surface area contributed by atoms with E-state index in [4.69, 9.17) is 9.47 Å². The van der Waals surface area contributed by atoms with Gasteiger partial charge in [-0.25, -0.2) is 0 Å². The van der Waals surface area contributed by atoms with Gasteiger partial charge < -0.3 is 14.4 Å². The van der Waals surface area contributed by atoms with Gasteiger partial charge in [0.25, 0.3) is 0 Å². The van der Waals surface area contributed by atoms with Crippen molar-refractivity contribution in [2.24, 2.45) is 5.92 Å². The number of nitrogens with zero attached hydrogens (tertiary/aromatic N) is 1. The van der Waals surface area contributed by atoms with Crippen LogP contribution >= 0.6 is 12.4 Å². The molecule has 1 atom stereocenters. The molecule has 1 aliphatic carbocycles. The van der Waals surface area contributed by atoms with E-state index < -0.39 is 0 Å². The van der Waals surface area contributed by atoms with E-state index in [9.17, 15) is 4.79 Å². The van der Waals surface area contributed by atoms with Gasteiger partial charge in [-0.2, -0.15) is 0 Å². The second kappa shape index (κ2) is 8.20. The number of carbonyl (C=O) groups is 1. The van der Waals surface area contributed by atoms with Crippen LogP contribution in [0.2, 0.25) is 0 Å². The SMILES string of the molecule is COc1cccc(/C=C2\CCC(CN(C)C)C2=O)c1OC.Cl. The summed E-state index contributed by atoms with van der Waals surface area (Å²) in [4.78, 5) is 14.5. The first-order valence-corrected chi connectivity index (χ1v) is 7.17. The van der Waals surface area contributed by atoms with Crippen LogP contribution in [-0.4, -0.2) is 45.5 Å². The zero-order valence-corrected chi connectivity index (χ0v) is 14.4. The fourth-order valence-electron chi connectivity index (χ4n) is 2.82. The summed E-state index contributed by atoms with van der Waals surface area (Å²) in [7, 11) is 7.23. The minimum absolute atomic E-state index is 0. The van der Waals surface area contributed by atoms with E-state index in [0.29, 0.717) is 11.5 Å². The molecule has 1 saturated carbocycles. The summed E-state index contributed by atoms with van der Waals surface area (Å²) in [5, 5.41) is 0. The van der Waals surface area contributed by atoms with Gasteiger partial charge in [0.2, 0.25) is 0 Å². The maximum atomic E-state index is 12.4. The minimum atomic E-state index is 0. The molecule has 22 heavy (non-hydrogen) atoms. The first-order chi connectivity index (χ1) is 10.1. The largest absolute Gasteiger partial charge is 0.493 e. The van der Waals surface area contributed by atoms with Crippen LogP contribution < -0.4 is 9.47 Å². The van der Waals surface area contributed by atoms with Crippen molar-refractivity contribution in [2.75, 3.05) is 34.9 Å². The number of benzene rings is 1. The molecule has 2 rings (SSSR count). The summed E-state index contributed by atoms with van der Waals surface area (Å²) < 4.78 is 10.7. The molecule has 1 aromatic carbocycles. The Kier molecular flexibility index (Phi) is 6.91. The van der Waals surface area contributed by atoms with E-state index in [0.717, 1.165) is 30.5 Å². The first-order valence-electron chi connectivity index (χ1n) is 7.17. The Labute approximate surface area is 138 Å². The Hall–Kier alpha value is -1.52. The first kappa shape index (κ1) is 18.5. The molecule has 1 unspecified atom stereocenters. The van der Waals surface area contributed by atoms with Gasteiger partial charge in [0.1, 0.15) is 0 Å². The highest BCUT2D eigenvalue weighted by Gasteiger charge is 2.29. The molecule has 0 amide bonds. The second-order valence-corrected chi connectivity index (χ2v) is 5.61. The number of hydrogen-bond donors (Lipinski definition) is 0. The number of allylic oxidation sites excluding steroid dienone is 1. The summed E-state index contributed by atoms with van der Waals surface area (Å²) in [6, 6.07) is 5.71. The van der Waals surface area contributed by atoms with Crippen molar-refractivity contribution < 1.29 is 14.3 Å². The highest BCUT2D eigenvalue weighted by Crippen LogP contribution is 2.35. The van der Waals surface area contributed by atoms with Crippen molar-refractivity contribution in [3.8, 4) is 11.5 Å². The van der Waals surface area contributed by atoms with Crippen molar-refractivity contribution in [1.29, 1.82) is 0 Å². The standard InChI is InChI=1S/C17H23NO3.ClH/c1-18(2)11-14-9-8-12(16(14)19)10-13-6-5-7-15(20-3)17(13)21-4;/h5-7,10,14H,8-9,11H2,1-4H3;1H/b12-10+;. The summed E-state index contributed by atoms with van der Waals surface area (Å²) in [5.41, 5.74) is 1.78. The van der Waals surface area contributed by atoms with Crippen LogP contribution in [0.25, 0.3) is 6.08 Å². The van der Waals surface area contributed by atoms with Gasteiger partial charge in [0.15, 0.2) is 17.3 Å². The third-order valence-electron chi connectivity index (χ3n) is 3.80. The lowest BCUT2D eigenvalue weighted by Crippen LogP contribution is -2.24. The molecule has 122 valence electrons. The quantitative estimate of drug-likeness (QED) is 0.780. The fraction of sp³-hybridized carbons (Fsp3) is 0.471. The van der Waals surface area contributed by atoms with Gasteiger partial charge in [0.05, 0.1) is 14.2 Å². The minimum Gasteiger partial charge on any atom is -0.493 e. The Bertz CT molecular complexity index is 555. The fourth-order valence-corrected chi connectivity index (χ4v) is 2.82. The van der Waals surface area contributed by atoms with E-state index in [1.54, 1.807) is 14.2 Å². The number of ether oxygens (including phenoxy) is 2. The summed E-state index contributed by atoms with van der Waals surface area (Å²) in [6.45, 7) is 0.811. The molecule has 5 heteroatoms. The van der Waals surface area contributed by atoms with Gasteiger partial charge in [0, 0.05) is 18.0 Å². The average Bonchev–Trinajstić information content (AvgIpc) is 2.79. The number of ketones is 1. The van der Waals surface area contributed by atoms with Crippen molar-refractivity contribution in [1.82, 2.24) is 4.90 Å². The highest BCUT2D eigenvalue weighted by atomic mass is 35.5. The van der Waals surface area contributed by atoms with E-state index in [1.165, 1.54) is 0 Å². The van der Waals surface area contributed by atoms with Crippen LogP contribution in [0.5, 0.6) is 11.5 Å². The zero-order chi connectivity index (χ0) is 15.4. The third-order valence-corrected chi connectivity index (χ3v) is 3.80. The van der Waals surface area contributed by atoms with Crippen molar-refractivity contribution in [3.63, 3.8) is 0 Å². The number of methoxy groups -OCH3 is 2. The average molecular weight is 326 g/mol. The third kappa shape index (κ3) is 4.02. The monoisotopic (exact) mass is 325 g/mol. The van der Waals surface area contributed by atoms with E-state index in [1.807, 2.05) is 38.4 Å². The van der Waals surface area contributed by atoms with E-state index in [2.05, 4.69) is 4.90 Å². The molecule has 0 N–H and O–H groups in total. The molecule has 4 nitrogen and oxygen atoms in total. The zero-order valence-electron chi connectivity index (χ0n) is 13.6. The molecule has 0 radical (unpaired) electrons. The number of carbonyl (C=O) groups excluding carboxylic acids is 1. The van der Waals surface area contributed by atoms with Crippen molar-refractivity contribution in [3.05, 3.63) is 29.3 Å². The van der Waals surface area contributed by atoms with Crippen LogP contribution in [0.3, 0.4) is 0 Å². The van der Waals surface area contributed by atoms with E-state index >= 15 is 0 Å². The Morgan fingerprint density at radius 2 is 2.00 bits per heavy atom. The van der Waals surface area contributed by atoms with Crippen LogP contribution in [0.1, 0.15) is 18.4 Å². The number of Topliss-reactive ketones (excluding diaryl/α,β-unsaturated/α-hetero) is 1. The Morgan fingerprint density at radius 3 is 2.59 bits per heavy atom. The summed E-state index contributed by atoms with van der Waals surface area (Å²) in [5.74, 6) is 1.73. The molecular weight excluding hydrogens is 302 g/mol. The van der Waals surface area contributed by atoms with Crippen molar-refractivity contribution >= 4 is 24.3 Å². The van der Waals surface area contributed by atoms with E-state index in [-0.39, 0.29) is 24.1 Å².